The molecule has 2 N–H and O–H groups in total. The van der Waals surface area contributed by atoms with E-state index in [9.17, 15) is 0 Å². The molecule has 0 amide bonds. The molecule has 0 unspecified atom stereocenters. The predicted molar refractivity (Wildman–Crippen MR) is 82.9 cm³/mol. The number of aryl methyl sites for hydroxylation is 3. The topological polar surface area (TPSA) is 66.5 Å². The Morgan fingerprint density at radius 3 is 2.67 bits per heavy atom. The molecular weight excluding hydrogens is 262 g/mol. The third kappa shape index (κ3) is 2.92. The van der Waals surface area contributed by atoms with Gasteiger partial charge in [0.1, 0.15) is 5.82 Å². The first-order valence-electron chi connectivity index (χ1n) is 7.06. The number of benzene rings is 1. The van der Waals surface area contributed by atoms with Crippen LogP contribution in [0.3, 0.4) is 0 Å². The fourth-order valence-corrected chi connectivity index (χ4v) is 2.27. The molecule has 0 saturated heterocycles. The van der Waals surface area contributed by atoms with Gasteiger partial charge in [0.05, 0.1) is 29.0 Å². The summed E-state index contributed by atoms with van der Waals surface area (Å²) in [7, 11) is 0. The average Bonchev–Trinajstić information content (AvgIpc) is 2.89. The van der Waals surface area contributed by atoms with Crippen molar-refractivity contribution in [2.24, 2.45) is 0 Å². The fourth-order valence-electron chi connectivity index (χ4n) is 2.27. The van der Waals surface area contributed by atoms with E-state index in [4.69, 9.17) is 0 Å². The van der Waals surface area contributed by atoms with Gasteiger partial charge in [-0.2, -0.15) is 0 Å². The lowest BCUT2D eigenvalue weighted by Gasteiger charge is -2.02. The van der Waals surface area contributed by atoms with Gasteiger partial charge in [-0.1, -0.05) is 6.07 Å². The van der Waals surface area contributed by atoms with Crippen molar-refractivity contribution in [1.29, 1.82) is 0 Å². The van der Waals surface area contributed by atoms with Crippen LogP contribution in [-0.4, -0.2) is 19.9 Å². The minimum Gasteiger partial charge on any atom is -0.341 e. The lowest BCUT2D eigenvalue weighted by molar-refractivity contribution is 0.656. The molecule has 0 aliphatic carbocycles. The van der Waals surface area contributed by atoms with Gasteiger partial charge in [0.2, 0.25) is 0 Å². The summed E-state index contributed by atoms with van der Waals surface area (Å²) in [5, 5.41) is 3.34. The van der Waals surface area contributed by atoms with E-state index in [0.717, 1.165) is 28.2 Å². The normalized spacial score (nSPS) is 11.2. The number of H-pyrrole nitrogens is 1. The van der Waals surface area contributed by atoms with Gasteiger partial charge in [0.25, 0.3) is 0 Å². The first kappa shape index (κ1) is 13.7. The molecule has 3 rings (SSSR count). The monoisotopic (exact) mass is 281 g/mol. The Labute approximate surface area is 123 Å². The van der Waals surface area contributed by atoms with Crippen LogP contribution in [0.25, 0.3) is 11.0 Å². The summed E-state index contributed by atoms with van der Waals surface area (Å²) in [6, 6.07) is 4.20. The number of rotatable bonds is 4. The Balaban J connectivity index is 1.68. The molecule has 5 nitrogen and oxygen atoms in total. The van der Waals surface area contributed by atoms with Crippen molar-refractivity contribution >= 4 is 11.0 Å². The van der Waals surface area contributed by atoms with Gasteiger partial charge in [-0.3, -0.25) is 9.97 Å². The van der Waals surface area contributed by atoms with Crippen molar-refractivity contribution in [3.05, 3.63) is 52.9 Å². The lowest BCUT2D eigenvalue weighted by Crippen LogP contribution is -2.14. The number of fused-ring (bicyclic) bond motifs is 1. The first-order chi connectivity index (χ1) is 10.1. The Bertz CT molecular complexity index is 758. The SMILES string of the molecule is Cc1cnc(CNCc2nc3c(C)c(C)ccc3[nH]2)cn1. The molecule has 0 fully saturated rings. The minimum absolute atomic E-state index is 0.683. The Morgan fingerprint density at radius 2 is 1.90 bits per heavy atom. The van der Waals surface area contributed by atoms with Crippen LogP contribution in [0.15, 0.2) is 24.5 Å². The minimum atomic E-state index is 0.683. The van der Waals surface area contributed by atoms with Crippen molar-refractivity contribution in [3.8, 4) is 0 Å². The average molecular weight is 281 g/mol. The second-order valence-electron chi connectivity index (χ2n) is 5.34. The number of aromatic nitrogens is 4. The molecule has 1 aromatic carbocycles. The summed E-state index contributed by atoms with van der Waals surface area (Å²) in [5.41, 5.74) is 6.51. The van der Waals surface area contributed by atoms with Crippen LogP contribution in [-0.2, 0) is 13.1 Å². The van der Waals surface area contributed by atoms with Crippen LogP contribution in [0.4, 0.5) is 0 Å². The maximum atomic E-state index is 4.66. The summed E-state index contributed by atoms with van der Waals surface area (Å²) in [6.45, 7) is 7.52. The second-order valence-corrected chi connectivity index (χ2v) is 5.34. The zero-order valence-corrected chi connectivity index (χ0v) is 12.6. The van der Waals surface area contributed by atoms with E-state index in [1.54, 1.807) is 12.4 Å². The van der Waals surface area contributed by atoms with E-state index in [1.165, 1.54) is 11.1 Å². The molecule has 0 radical (unpaired) electrons. The number of imidazole rings is 1. The molecule has 0 saturated carbocycles. The number of nitrogens with one attached hydrogen (secondary N) is 2. The molecule has 5 heteroatoms. The molecule has 0 bridgehead atoms. The largest absolute Gasteiger partial charge is 0.341 e. The zero-order valence-electron chi connectivity index (χ0n) is 12.6. The highest BCUT2D eigenvalue weighted by molar-refractivity contribution is 5.79. The molecule has 2 aromatic heterocycles. The Morgan fingerprint density at radius 1 is 1.05 bits per heavy atom. The van der Waals surface area contributed by atoms with E-state index in [0.29, 0.717) is 13.1 Å². The lowest BCUT2D eigenvalue weighted by atomic mass is 10.1. The van der Waals surface area contributed by atoms with Gasteiger partial charge in [-0.25, -0.2) is 4.98 Å². The molecule has 0 spiro atoms. The van der Waals surface area contributed by atoms with Gasteiger partial charge in [0.15, 0.2) is 0 Å². The number of nitrogens with zero attached hydrogens (tertiary/aromatic N) is 3. The predicted octanol–water partition coefficient (Wildman–Crippen LogP) is 2.57. The maximum Gasteiger partial charge on any atom is 0.121 e. The summed E-state index contributed by atoms with van der Waals surface area (Å²) >= 11 is 0. The third-order valence-electron chi connectivity index (χ3n) is 3.66. The first-order valence-corrected chi connectivity index (χ1v) is 7.06. The molecule has 108 valence electrons. The molecule has 0 atom stereocenters. The van der Waals surface area contributed by atoms with Crippen LogP contribution >= 0.6 is 0 Å². The zero-order chi connectivity index (χ0) is 14.8. The molecule has 0 aliphatic rings. The van der Waals surface area contributed by atoms with Gasteiger partial charge in [0, 0.05) is 18.9 Å². The van der Waals surface area contributed by atoms with Crippen LogP contribution in [0, 0.1) is 20.8 Å². The smallest absolute Gasteiger partial charge is 0.121 e. The van der Waals surface area contributed by atoms with Crippen LogP contribution in [0.2, 0.25) is 0 Å². The van der Waals surface area contributed by atoms with Gasteiger partial charge < -0.3 is 10.3 Å². The highest BCUT2D eigenvalue weighted by atomic mass is 15.0. The van der Waals surface area contributed by atoms with E-state index >= 15 is 0 Å². The van der Waals surface area contributed by atoms with Crippen LogP contribution in [0.1, 0.15) is 28.3 Å². The standard InChI is InChI=1S/C16H19N5/c1-10-4-5-14-16(12(10)3)21-15(20-14)9-17-7-13-8-18-11(2)6-19-13/h4-6,8,17H,7,9H2,1-3H3,(H,20,21). The summed E-state index contributed by atoms with van der Waals surface area (Å²) in [6.07, 6.45) is 3.58. The maximum absolute atomic E-state index is 4.66. The van der Waals surface area contributed by atoms with E-state index in [2.05, 4.69) is 51.2 Å². The molecule has 21 heavy (non-hydrogen) atoms. The van der Waals surface area contributed by atoms with E-state index < -0.39 is 0 Å². The Kier molecular flexibility index (Phi) is 3.66. The van der Waals surface area contributed by atoms with E-state index in [-0.39, 0.29) is 0 Å². The Hall–Kier alpha value is -2.27. The summed E-state index contributed by atoms with van der Waals surface area (Å²) in [5.74, 6) is 0.943. The molecule has 3 aromatic rings. The van der Waals surface area contributed by atoms with Crippen LogP contribution < -0.4 is 5.32 Å². The quantitative estimate of drug-likeness (QED) is 0.771. The second kappa shape index (κ2) is 5.61. The number of aromatic amines is 1. The fraction of sp³-hybridized carbons (Fsp3) is 0.312. The van der Waals surface area contributed by atoms with Gasteiger partial charge in [-0.05, 0) is 38.0 Å². The number of hydrogen-bond donors (Lipinski definition) is 2. The third-order valence-corrected chi connectivity index (χ3v) is 3.66. The van der Waals surface area contributed by atoms with Crippen molar-refractivity contribution in [1.82, 2.24) is 25.3 Å². The molecule has 2 heterocycles. The molecule has 0 aliphatic heterocycles. The van der Waals surface area contributed by atoms with Crippen molar-refractivity contribution in [2.45, 2.75) is 33.9 Å². The highest BCUT2D eigenvalue weighted by Gasteiger charge is 2.06. The number of hydrogen-bond acceptors (Lipinski definition) is 4. The van der Waals surface area contributed by atoms with Crippen LogP contribution in [0.5, 0.6) is 0 Å². The van der Waals surface area contributed by atoms with E-state index in [1.807, 2.05) is 6.92 Å². The van der Waals surface area contributed by atoms with Crippen molar-refractivity contribution in [2.75, 3.05) is 0 Å². The van der Waals surface area contributed by atoms with Crippen molar-refractivity contribution < 1.29 is 0 Å². The van der Waals surface area contributed by atoms with Crippen molar-refractivity contribution in [3.63, 3.8) is 0 Å². The summed E-state index contributed by atoms with van der Waals surface area (Å²) in [4.78, 5) is 16.6. The van der Waals surface area contributed by atoms with Gasteiger partial charge in [-0.15, -0.1) is 0 Å². The highest BCUT2D eigenvalue weighted by Crippen LogP contribution is 2.19. The summed E-state index contributed by atoms with van der Waals surface area (Å²) < 4.78 is 0. The molecular formula is C16H19N5. The van der Waals surface area contributed by atoms with Gasteiger partial charge >= 0.3 is 0 Å².